The molecule has 1 amide bonds. The van der Waals surface area contributed by atoms with Gasteiger partial charge in [-0.05, 0) is 48.9 Å². The maximum absolute atomic E-state index is 12.6. The molecule has 0 spiro atoms. The van der Waals surface area contributed by atoms with Gasteiger partial charge in [0.1, 0.15) is 38.5 Å². The number of hydrogen-bond acceptors (Lipinski definition) is 4. The Labute approximate surface area is 177 Å². The van der Waals surface area contributed by atoms with Crippen LogP contribution in [0.15, 0.2) is 42.5 Å². The highest BCUT2D eigenvalue weighted by Gasteiger charge is 2.25. The van der Waals surface area contributed by atoms with Crippen molar-refractivity contribution in [2.24, 2.45) is 0 Å². The van der Waals surface area contributed by atoms with E-state index in [-0.39, 0.29) is 18.7 Å². The van der Waals surface area contributed by atoms with Gasteiger partial charge in [0, 0.05) is 5.56 Å². The minimum Gasteiger partial charge on any atom is -0.497 e. The van der Waals surface area contributed by atoms with Gasteiger partial charge in [0.25, 0.3) is 5.91 Å². The molecule has 0 saturated carbocycles. The first-order valence-corrected chi connectivity index (χ1v) is 10.6. The minimum atomic E-state index is -0.0617. The van der Waals surface area contributed by atoms with Crippen LogP contribution >= 0.6 is 0 Å². The summed E-state index contributed by atoms with van der Waals surface area (Å²) in [5.74, 6) is 2.49. The number of hydrogen-bond donors (Lipinski definition) is 3. The van der Waals surface area contributed by atoms with Crippen molar-refractivity contribution in [2.75, 3.05) is 46.6 Å². The molecule has 0 unspecified atom stereocenters. The molecule has 0 radical (unpaired) electrons. The lowest BCUT2D eigenvalue weighted by Gasteiger charge is -2.29. The van der Waals surface area contributed by atoms with Crippen molar-refractivity contribution in [3.8, 4) is 17.2 Å². The Morgan fingerprint density at radius 2 is 1.73 bits per heavy atom. The lowest BCUT2D eigenvalue weighted by Crippen LogP contribution is -3.28. The van der Waals surface area contributed by atoms with E-state index in [0.717, 1.165) is 55.5 Å². The number of benzene rings is 2. The minimum absolute atomic E-state index is 0.0617. The van der Waals surface area contributed by atoms with Crippen molar-refractivity contribution in [3.05, 3.63) is 53.6 Å². The largest absolute Gasteiger partial charge is 0.497 e. The van der Waals surface area contributed by atoms with E-state index in [1.54, 1.807) is 12.0 Å². The number of fused-ring (bicyclic) bond motifs is 1. The van der Waals surface area contributed by atoms with E-state index >= 15 is 0 Å². The van der Waals surface area contributed by atoms with Crippen LogP contribution in [-0.4, -0.2) is 52.5 Å². The molecule has 3 N–H and O–H groups in total. The van der Waals surface area contributed by atoms with Gasteiger partial charge in [-0.2, -0.15) is 0 Å². The summed E-state index contributed by atoms with van der Waals surface area (Å²) < 4.78 is 16.0. The SMILES string of the molecule is COc1ccc(C[NH+]2CC[NH+](CC(=O)N[C@@H](C)c3ccc4c(c3)OCO4)CC2)cc1. The van der Waals surface area contributed by atoms with E-state index in [9.17, 15) is 4.79 Å². The Hall–Kier alpha value is -2.77. The molecule has 30 heavy (non-hydrogen) atoms. The van der Waals surface area contributed by atoms with Crippen LogP contribution in [0.5, 0.6) is 17.2 Å². The van der Waals surface area contributed by atoms with Crippen molar-refractivity contribution in [2.45, 2.75) is 19.5 Å². The first kappa shape index (κ1) is 20.5. The molecular weight excluding hydrogens is 382 g/mol. The zero-order valence-corrected chi connectivity index (χ0v) is 17.7. The second kappa shape index (κ2) is 9.36. The van der Waals surface area contributed by atoms with Crippen LogP contribution in [0.4, 0.5) is 0 Å². The third kappa shape index (κ3) is 5.04. The summed E-state index contributed by atoms with van der Waals surface area (Å²) in [5.41, 5.74) is 2.35. The smallest absolute Gasteiger partial charge is 0.275 e. The molecule has 7 nitrogen and oxygen atoms in total. The van der Waals surface area contributed by atoms with Crippen LogP contribution in [0.2, 0.25) is 0 Å². The van der Waals surface area contributed by atoms with Crippen molar-refractivity contribution >= 4 is 5.91 Å². The van der Waals surface area contributed by atoms with E-state index < -0.39 is 0 Å². The van der Waals surface area contributed by atoms with Crippen molar-refractivity contribution in [1.82, 2.24) is 5.32 Å². The summed E-state index contributed by atoms with van der Waals surface area (Å²) in [7, 11) is 1.69. The summed E-state index contributed by atoms with van der Waals surface area (Å²) in [5, 5.41) is 3.12. The number of nitrogens with one attached hydrogen (secondary N) is 3. The van der Waals surface area contributed by atoms with Crippen molar-refractivity contribution in [3.63, 3.8) is 0 Å². The zero-order valence-electron chi connectivity index (χ0n) is 17.7. The Bertz CT molecular complexity index is 863. The number of methoxy groups -OCH3 is 1. The molecule has 1 atom stereocenters. The van der Waals surface area contributed by atoms with Gasteiger partial charge in [0.05, 0.1) is 13.2 Å². The van der Waals surface area contributed by atoms with E-state index in [1.807, 2.05) is 37.3 Å². The molecule has 2 aromatic rings. The molecule has 160 valence electrons. The van der Waals surface area contributed by atoms with Gasteiger partial charge in [-0.1, -0.05) is 6.07 Å². The molecular formula is C23H31N3O4+2. The first-order chi connectivity index (χ1) is 14.6. The van der Waals surface area contributed by atoms with Crippen molar-refractivity contribution < 1.29 is 28.8 Å². The van der Waals surface area contributed by atoms with Gasteiger partial charge < -0.3 is 29.3 Å². The van der Waals surface area contributed by atoms with Gasteiger partial charge in [0.15, 0.2) is 18.0 Å². The maximum Gasteiger partial charge on any atom is 0.275 e. The van der Waals surface area contributed by atoms with Gasteiger partial charge in [-0.25, -0.2) is 0 Å². The number of quaternary nitrogens is 2. The third-order valence-corrected chi connectivity index (χ3v) is 5.96. The van der Waals surface area contributed by atoms with Crippen LogP contribution < -0.4 is 29.3 Å². The second-order valence-electron chi connectivity index (χ2n) is 8.10. The second-order valence-corrected chi connectivity index (χ2v) is 8.10. The Morgan fingerprint density at radius 1 is 1.03 bits per heavy atom. The van der Waals surface area contributed by atoms with E-state index in [0.29, 0.717) is 6.54 Å². The number of piperazine rings is 1. The van der Waals surface area contributed by atoms with E-state index in [1.165, 1.54) is 10.5 Å². The number of ether oxygens (including phenoxy) is 3. The lowest BCUT2D eigenvalue weighted by atomic mass is 10.1. The summed E-state index contributed by atoms with van der Waals surface area (Å²) in [4.78, 5) is 15.5. The summed E-state index contributed by atoms with van der Waals surface area (Å²) in [6.45, 7) is 7.97. The van der Waals surface area contributed by atoms with Crippen LogP contribution in [0.1, 0.15) is 24.1 Å². The van der Waals surface area contributed by atoms with Crippen LogP contribution in [0.25, 0.3) is 0 Å². The lowest BCUT2D eigenvalue weighted by molar-refractivity contribution is -1.02. The maximum atomic E-state index is 12.6. The van der Waals surface area contributed by atoms with Gasteiger partial charge in [-0.3, -0.25) is 4.79 Å². The number of amides is 1. The van der Waals surface area contributed by atoms with Crippen LogP contribution in [-0.2, 0) is 11.3 Å². The fourth-order valence-electron chi connectivity index (χ4n) is 4.13. The fourth-order valence-corrected chi connectivity index (χ4v) is 4.13. The van der Waals surface area contributed by atoms with E-state index in [4.69, 9.17) is 14.2 Å². The average Bonchev–Trinajstić information content (AvgIpc) is 3.23. The van der Waals surface area contributed by atoms with Gasteiger partial charge in [0.2, 0.25) is 6.79 Å². The summed E-state index contributed by atoms with van der Waals surface area (Å²) in [6, 6.07) is 14.1. The highest BCUT2D eigenvalue weighted by Crippen LogP contribution is 2.34. The Balaban J connectivity index is 1.21. The average molecular weight is 414 g/mol. The number of rotatable bonds is 7. The molecule has 0 aliphatic carbocycles. The topological polar surface area (TPSA) is 65.7 Å². The highest BCUT2D eigenvalue weighted by atomic mass is 16.7. The van der Waals surface area contributed by atoms with E-state index in [2.05, 4.69) is 17.4 Å². The highest BCUT2D eigenvalue weighted by molar-refractivity contribution is 5.77. The normalized spacial score (nSPS) is 21.1. The number of carbonyl (C=O) groups excluding carboxylic acids is 1. The molecule has 2 aliphatic rings. The summed E-state index contributed by atoms with van der Waals surface area (Å²) >= 11 is 0. The Kier molecular flexibility index (Phi) is 6.40. The first-order valence-electron chi connectivity index (χ1n) is 10.6. The third-order valence-electron chi connectivity index (χ3n) is 5.96. The predicted molar refractivity (Wildman–Crippen MR) is 112 cm³/mol. The molecule has 1 fully saturated rings. The quantitative estimate of drug-likeness (QED) is 0.577. The molecule has 0 aromatic heterocycles. The molecule has 0 bridgehead atoms. The standard InChI is InChI=1S/C23H29N3O4/c1-17(19-5-8-21-22(13-19)30-16-29-21)24-23(27)15-26-11-9-25(10-12-26)14-18-3-6-20(28-2)7-4-18/h3-8,13,17H,9-12,14-16H2,1-2H3,(H,24,27)/p+2/t17-/m0/s1. The fraction of sp³-hybridized carbons (Fsp3) is 0.435. The monoisotopic (exact) mass is 413 g/mol. The molecule has 4 rings (SSSR count). The van der Waals surface area contributed by atoms with Gasteiger partial charge in [-0.15, -0.1) is 0 Å². The zero-order chi connectivity index (χ0) is 20.9. The Morgan fingerprint density at radius 3 is 2.47 bits per heavy atom. The van der Waals surface area contributed by atoms with Crippen LogP contribution in [0.3, 0.4) is 0 Å². The molecule has 2 heterocycles. The summed E-state index contributed by atoms with van der Waals surface area (Å²) in [6.07, 6.45) is 0. The molecule has 2 aromatic carbocycles. The molecule has 7 heteroatoms. The van der Waals surface area contributed by atoms with Crippen molar-refractivity contribution in [1.29, 1.82) is 0 Å². The molecule has 2 aliphatic heterocycles. The van der Waals surface area contributed by atoms with Gasteiger partial charge >= 0.3 is 0 Å². The number of carbonyl (C=O) groups is 1. The molecule has 1 saturated heterocycles. The predicted octanol–water partition coefficient (Wildman–Crippen LogP) is -0.415. The van der Waals surface area contributed by atoms with Crippen LogP contribution in [0, 0.1) is 0 Å².